The Morgan fingerprint density at radius 2 is 1.69 bits per heavy atom. The quantitative estimate of drug-likeness (QED) is 0.680. The van der Waals surface area contributed by atoms with E-state index in [9.17, 15) is 18.8 Å². The fraction of sp³-hybridized carbons (Fsp3) is 0.375. The number of halogens is 1. The van der Waals surface area contributed by atoms with E-state index in [0.717, 1.165) is 37.0 Å². The Morgan fingerprint density at radius 3 is 2.31 bits per heavy atom. The zero-order valence-corrected chi connectivity index (χ0v) is 17.9. The highest BCUT2D eigenvalue weighted by Gasteiger charge is 2.49. The van der Waals surface area contributed by atoms with Gasteiger partial charge in [0, 0.05) is 11.7 Å². The van der Waals surface area contributed by atoms with Crippen LogP contribution in [0.15, 0.2) is 48.5 Å². The summed E-state index contributed by atoms with van der Waals surface area (Å²) >= 11 is 0. The number of nitrogens with zero attached hydrogens (tertiary/aromatic N) is 2. The van der Waals surface area contributed by atoms with Crippen LogP contribution in [0.1, 0.15) is 38.5 Å². The van der Waals surface area contributed by atoms with Crippen molar-refractivity contribution < 1.29 is 23.5 Å². The zero-order valence-electron chi connectivity index (χ0n) is 17.9. The first-order chi connectivity index (χ1) is 15.5. The molecule has 1 aliphatic carbocycles. The number of rotatable bonds is 6. The molecule has 2 aromatic rings. The van der Waals surface area contributed by atoms with Gasteiger partial charge in [-0.3, -0.25) is 9.59 Å². The number of anilines is 2. The number of amides is 4. The summed E-state index contributed by atoms with van der Waals surface area (Å²) in [4.78, 5) is 42.2. The van der Waals surface area contributed by atoms with Gasteiger partial charge < -0.3 is 15.0 Å². The molecule has 4 rings (SSSR count). The zero-order chi connectivity index (χ0) is 22.7. The normalized spacial score (nSPS) is 19.4. The number of hydrogen-bond donors (Lipinski definition) is 1. The Morgan fingerprint density at radius 1 is 1.03 bits per heavy atom. The van der Waals surface area contributed by atoms with Crippen LogP contribution in [0, 0.1) is 5.82 Å². The van der Waals surface area contributed by atoms with E-state index in [-0.39, 0.29) is 12.5 Å². The fourth-order valence-electron chi connectivity index (χ4n) is 4.46. The SMILES string of the molecule is COc1ccc(N2C(=O)[C@@H](CC(=O)Nc3ccc(F)cc3)N(C3CCCCC3)C2=O)cc1. The summed E-state index contributed by atoms with van der Waals surface area (Å²) < 4.78 is 18.3. The van der Waals surface area contributed by atoms with Crippen molar-refractivity contribution in [1.82, 2.24) is 4.90 Å². The second-order valence-electron chi connectivity index (χ2n) is 8.13. The number of imide groups is 1. The van der Waals surface area contributed by atoms with Gasteiger partial charge in [0.15, 0.2) is 0 Å². The Bertz CT molecular complexity index is 987. The number of carbonyl (C=O) groups excluding carboxylic acids is 3. The molecule has 0 spiro atoms. The van der Waals surface area contributed by atoms with Crippen molar-refractivity contribution in [2.75, 3.05) is 17.3 Å². The first-order valence-corrected chi connectivity index (χ1v) is 10.8. The van der Waals surface area contributed by atoms with E-state index in [1.807, 2.05) is 0 Å². The largest absolute Gasteiger partial charge is 0.497 e. The highest BCUT2D eigenvalue weighted by Crippen LogP contribution is 2.34. The standard InChI is InChI=1S/C24H26FN3O4/c1-32-20-13-11-19(12-14-20)28-23(30)21(27(24(28)31)18-5-3-2-4-6-18)15-22(29)26-17-9-7-16(25)8-10-17/h7-14,18,21H,2-6,15H2,1H3,(H,26,29)/t21-/m1/s1. The molecule has 32 heavy (non-hydrogen) atoms. The van der Waals surface area contributed by atoms with E-state index in [2.05, 4.69) is 5.32 Å². The van der Waals surface area contributed by atoms with E-state index in [1.165, 1.54) is 24.3 Å². The Hall–Kier alpha value is -3.42. The van der Waals surface area contributed by atoms with Crippen molar-refractivity contribution in [1.29, 1.82) is 0 Å². The summed E-state index contributed by atoms with van der Waals surface area (Å²) in [5.74, 6) is -0.606. The molecular weight excluding hydrogens is 413 g/mol. The van der Waals surface area contributed by atoms with Crippen molar-refractivity contribution in [3.05, 3.63) is 54.3 Å². The van der Waals surface area contributed by atoms with Gasteiger partial charge >= 0.3 is 6.03 Å². The Labute approximate surface area is 186 Å². The number of ether oxygens (including phenoxy) is 1. The number of carbonyl (C=O) groups is 3. The van der Waals surface area contributed by atoms with Gasteiger partial charge in [0.25, 0.3) is 5.91 Å². The van der Waals surface area contributed by atoms with Gasteiger partial charge in [0.05, 0.1) is 19.2 Å². The van der Waals surface area contributed by atoms with Gasteiger partial charge in [-0.15, -0.1) is 0 Å². The summed E-state index contributed by atoms with van der Waals surface area (Å²) in [5, 5.41) is 2.69. The maximum absolute atomic E-state index is 13.4. The third kappa shape index (κ3) is 4.44. The van der Waals surface area contributed by atoms with Gasteiger partial charge in [-0.25, -0.2) is 14.1 Å². The lowest BCUT2D eigenvalue weighted by molar-refractivity contribution is -0.125. The number of benzene rings is 2. The Balaban J connectivity index is 1.57. The minimum atomic E-state index is -0.881. The highest BCUT2D eigenvalue weighted by atomic mass is 19.1. The molecular formula is C24H26FN3O4. The molecule has 2 aliphatic rings. The van der Waals surface area contributed by atoms with Crippen LogP contribution >= 0.6 is 0 Å². The van der Waals surface area contributed by atoms with Gasteiger partial charge in [0.2, 0.25) is 5.91 Å². The first kappa shape index (κ1) is 21.8. The maximum Gasteiger partial charge on any atom is 0.332 e. The average Bonchev–Trinajstić information content (AvgIpc) is 3.05. The molecule has 8 heteroatoms. The van der Waals surface area contributed by atoms with Crippen LogP contribution in [0.2, 0.25) is 0 Å². The number of methoxy groups -OCH3 is 1. The molecule has 4 amide bonds. The molecule has 7 nitrogen and oxygen atoms in total. The molecule has 1 atom stereocenters. The lowest BCUT2D eigenvalue weighted by atomic mass is 9.93. The summed E-state index contributed by atoms with van der Waals surface area (Å²) in [6, 6.07) is 10.8. The molecule has 168 valence electrons. The average molecular weight is 439 g/mol. The molecule has 2 aromatic carbocycles. The first-order valence-electron chi connectivity index (χ1n) is 10.8. The predicted molar refractivity (Wildman–Crippen MR) is 118 cm³/mol. The minimum absolute atomic E-state index is 0.0768. The number of urea groups is 1. The van der Waals surface area contributed by atoms with Crippen molar-refractivity contribution in [2.24, 2.45) is 0 Å². The molecule has 1 saturated carbocycles. The van der Waals surface area contributed by atoms with Crippen molar-refractivity contribution in [2.45, 2.75) is 50.6 Å². The smallest absolute Gasteiger partial charge is 0.332 e. The summed E-state index contributed by atoms with van der Waals surface area (Å²) in [5.41, 5.74) is 0.882. The van der Waals surface area contributed by atoms with Crippen molar-refractivity contribution in [3.63, 3.8) is 0 Å². The van der Waals surface area contributed by atoms with Crippen molar-refractivity contribution in [3.8, 4) is 5.75 Å². The van der Waals surface area contributed by atoms with Crippen molar-refractivity contribution >= 4 is 29.2 Å². The third-order valence-electron chi connectivity index (χ3n) is 6.06. The summed E-state index contributed by atoms with van der Waals surface area (Å²) in [7, 11) is 1.54. The molecule has 2 fully saturated rings. The van der Waals surface area contributed by atoms with E-state index >= 15 is 0 Å². The van der Waals surface area contributed by atoms with Crippen LogP contribution in [0.5, 0.6) is 5.75 Å². The summed E-state index contributed by atoms with van der Waals surface area (Å²) in [6.07, 6.45) is 4.53. The monoisotopic (exact) mass is 439 g/mol. The highest BCUT2D eigenvalue weighted by molar-refractivity contribution is 6.22. The lowest BCUT2D eigenvalue weighted by Crippen LogP contribution is -2.45. The van der Waals surface area contributed by atoms with Gasteiger partial charge in [-0.1, -0.05) is 19.3 Å². The predicted octanol–water partition coefficient (Wildman–Crippen LogP) is 4.33. The number of hydrogen-bond acceptors (Lipinski definition) is 4. The molecule has 1 saturated heterocycles. The second-order valence-corrected chi connectivity index (χ2v) is 8.13. The lowest BCUT2D eigenvalue weighted by Gasteiger charge is -2.33. The van der Waals surface area contributed by atoms with E-state index in [4.69, 9.17) is 4.74 Å². The summed E-state index contributed by atoms with van der Waals surface area (Å²) in [6.45, 7) is 0. The van der Waals surface area contributed by atoms with Crippen LogP contribution in [0.25, 0.3) is 0 Å². The maximum atomic E-state index is 13.4. The fourth-order valence-corrected chi connectivity index (χ4v) is 4.46. The van der Waals surface area contributed by atoms with Gasteiger partial charge in [-0.05, 0) is 61.4 Å². The second kappa shape index (κ2) is 9.38. The minimum Gasteiger partial charge on any atom is -0.497 e. The molecule has 0 radical (unpaired) electrons. The van der Waals surface area contributed by atoms with Gasteiger partial charge in [0.1, 0.15) is 17.6 Å². The Kier molecular flexibility index (Phi) is 6.39. The van der Waals surface area contributed by atoms with Crippen LogP contribution in [-0.4, -0.2) is 41.9 Å². The van der Waals surface area contributed by atoms with Gasteiger partial charge in [-0.2, -0.15) is 0 Å². The van der Waals surface area contributed by atoms with E-state index in [1.54, 1.807) is 36.3 Å². The third-order valence-corrected chi connectivity index (χ3v) is 6.06. The number of nitrogens with one attached hydrogen (secondary N) is 1. The van der Waals surface area contributed by atoms with E-state index < -0.39 is 29.7 Å². The van der Waals surface area contributed by atoms with Crippen LogP contribution in [-0.2, 0) is 9.59 Å². The molecule has 1 heterocycles. The molecule has 1 N–H and O–H groups in total. The van der Waals surface area contributed by atoms with E-state index in [0.29, 0.717) is 17.1 Å². The van der Waals surface area contributed by atoms with Crippen LogP contribution < -0.4 is 15.0 Å². The molecule has 0 bridgehead atoms. The van der Waals surface area contributed by atoms with Crippen LogP contribution in [0.4, 0.5) is 20.6 Å². The topological polar surface area (TPSA) is 79.0 Å². The molecule has 1 aliphatic heterocycles. The molecule has 0 unspecified atom stereocenters. The van der Waals surface area contributed by atoms with Crippen LogP contribution in [0.3, 0.4) is 0 Å². The molecule has 0 aromatic heterocycles.